The second kappa shape index (κ2) is 9.06. The minimum Gasteiger partial charge on any atom is -0.491 e. The summed E-state index contributed by atoms with van der Waals surface area (Å²) < 4.78 is 32.9. The first-order valence-electron chi connectivity index (χ1n) is 8.98. The topological polar surface area (TPSA) is 97.4 Å². The van der Waals surface area contributed by atoms with Crippen molar-refractivity contribution < 1.29 is 17.9 Å². The molecule has 0 fully saturated rings. The van der Waals surface area contributed by atoms with Crippen LogP contribution in [0.5, 0.6) is 5.75 Å². The van der Waals surface area contributed by atoms with Crippen LogP contribution in [0.1, 0.15) is 30.6 Å². The molecule has 1 atom stereocenters. The van der Waals surface area contributed by atoms with Gasteiger partial charge < -0.3 is 10.1 Å². The van der Waals surface area contributed by atoms with Crippen molar-refractivity contribution in [2.45, 2.75) is 31.3 Å². The van der Waals surface area contributed by atoms with Gasteiger partial charge in [-0.3, -0.25) is 9.52 Å². The third-order valence-corrected chi connectivity index (χ3v) is 6.26. The lowest BCUT2D eigenvalue weighted by Gasteiger charge is -2.13. The number of hydrogen-bond acceptors (Lipinski definition) is 6. The van der Waals surface area contributed by atoms with Crippen molar-refractivity contribution >= 4 is 38.1 Å². The number of hydrogen-bond donors (Lipinski definition) is 2. The Morgan fingerprint density at radius 1 is 1.21 bits per heavy atom. The Morgan fingerprint density at radius 3 is 2.62 bits per heavy atom. The molecule has 0 aliphatic heterocycles. The fourth-order valence-corrected chi connectivity index (χ4v) is 4.18. The average Bonchev–Trinajstić information content (AvgIpc) is 3.20. The molecule has 0 aliphatic carbocycles. The molecule has 7 nitrogen and oxygen atoms in total. The molecule has 1 unspecified atom stereocenters. The van der Waals surface area contributed by atoms with Gasteiger partial charge in [-0.25, -0.2) is 13.4 Å². The van der Waals surface area contributed by atoms with E-state index >= 15 is 0 Å². The lowest BCUT2D eigenvalue weighted by Crippen LogP contribution is -2.14. The van der Waals surface area contributed by atoms with E-state index in [2.05, 4.69) is 15.0 Å². The fraction of sp³-hybridized carbons (Fsp3) is 0.200. The minimum atomic E-state index is -3.73. The van der Waals surface area contributed by atoms with Crippen LogP contribution in [0, 0.1) is 0 Å². The quantitative estimate of drug-likeness (QED) is 0.552. The van der Waals surface area contributed by atoms with Crippen LogP contribution in [0.25, 0.3) is 0 Å². The zero-order chi connectivity index (χ0) is 20.9. The zero-order valence-electron chi connectivity index (χ0n) is 16.0. The van der Waals surface area contributed by atoms with Gasteiger partial charge in [-0.15, -0.1) is 11.3 Å². The molecule has 9 heteroatoms. The summed E-state index contributed by atoms with van der Waals surface area (Å²) in [7, 11) is -3.73. The zero-order valence-corrected chi connectivity index (χ0v) is 17.6. The Morgan fingerprint density at radius 2 is 1.97 bits per heavy atom. The van der Waals surface area contributed by atoms with Gasteiger partial charge in [0, 0.05) is 22.8 Å². The summed E-state index contributed by atoms with van der Waals surface area (Å²) in [5.41, 5.74) is 0.935. The van der Waals surface area contributed by atoms with Crippen LogP contribution in [-0.4, -0.2) is 25.4 Å². The molecule has 3 rings (SSSR count). The molecule has 2 N–H and O–H groups in total. The van der Waals surface area contributed by atoms with Crippen LogP contribution >= 0.6 is 11.3 Å². The van der Waals surface area contributed by atoms with Crippen molar-refractivity contribution in [2.75, 3.05) is 10.0 Å². The average molecular weight is 432 g/mol. The first-order valence-corrected chi connectivity index (χ1v) is 11.3. The highest BCUT2D eigenvalue weighted by atomic mass is 32.2. The Bertz CT molecular complexity index is 1070. The number of benzene rings is 2. The monoisotopic (exact) mass is 431 g/mol. The molecule has 3 aromatic rings. The Kier molecular flexibility index (Phi) is 6.50. The third-order valence-electron chi connectivity index (χ3n) is 4.08. The van der Waals surface area contributed by atoms with E-state index < -0.39 is 10.0 Å². The molecule has 1 heterocycles. The maximum atomic E-state index is 12.5. The van der Waals surface area contributed by atoms with Gasteiger partial charge in [0.25, 0.3) is 15.9 Å². The van der Waals surface area contributed by atoms with Gasteiger partial charge in [0.05, 0.1) is 11.0 Å². The highest BCUT2D eigenvalue weighted by Crippen LogP contribution is 2.21. The first-order chi connectivity index (χ1) is 13.9. The number of rotatable bonds is 8. The summed E-state index contributed by atoms with van der Waals surface area (Å²) in [5.74, 6) is 0.317. The van der Waals surface area contributed by atoms with E-state index in [-0.39, 0.29) is 16.9 Å². The molecule has 2 aromatic carbocycles. The largest absolute Gasteiger partial charge is 0.491 e. The van der Waals surface area contributed by atoms with E-state index in [4.69, 9.17) is 4.74 Å². The van der Waals surface area contributed by atoms with Gasteiger partial charge in [0.2, 0.25) is 0 Å². The number of aromatic nitrogens is 1. The first kappa shape index (κ1) is 20.8. The summed E-state index contributed by atoms with van der Waals surface area (Å²) in [5, 5.41) is 4.73. The Labute approximate surface area is 173 Å². The van der Waals surface area contributed by atoms with Crippen molar-refractivity contribution in [1.82, 2.24) is 4.98 Å². The number of anilines is 2. The second-order valence-electron chi connectivity index (χ2n) is 6.29. The normalized spacial score (nSPS) is 12.2. The molecule has 0 radical (unpaired) electrons. The van der Waals surface area contributed by atoms with E-state index in [1.807, 2.05) is 13.8 Å². The van der Waals surface area contributed by atoms with Crippen LogP contribution < -0.4 is 14.8 Å². The molecule has 0 bridgehead atoms. The van der Waals surface area contributed by atoms with Gasteiger partial charge in [-0.2, -0.15) is 0 Å². The van der Waals surface area contributed by atoms with Crippen LogP contribution in [0.4, 0.5) is 10.8 Å². The van der Waals surface area contributed by atoms with Gasteiger partial charge in [0.1, 0.15) is 5.75 Å². The molecular formula is C20H21N3O4S2. The molecule has 1 amide bonds. The summed E-state index contributed by atoms with van der Waals surface area (Å²) in [6.07, 6.45) is 2.44. The number of carbonyl (C=O) groups is 1. The summed E-state index contributed by atoms with van der Waals surface area (Å²) in [6.45, 7) is 3.99. The van der Waals surface area contributed by atoms with Crippen LogP contribution in [0.2, 0.25) is 0 Å². The number of sulfonamides is 1. The van der Waals surface area contributed by atoms with Gasteiger partial charge in [-0.1, -0.05) is 13.0 Å². The van der Waals surface area contributed by atoms with E-state index in [0.29, 0.717) is 22.1 Å². The molecule has 0 saturated carbocycles. The number of carbonyl (C=O) groups excluding carboxylic acids is 1. The number of thiazole rings is 1. The molecule has 152 valence electrons. The summed E-state index contributed by atoms with van der Waals surface area (Å²) >= 11 is 1.19. The fourth-order valence-electron chi connectivity index (χ4n) is 2.39. The van der Waals surface area contributed by atoms with Crippen LogP contribution in [0.3, 0.4) is 0 Å². The number of ether oxygens (including phenoxy) is 1. The second-order valence-corrected chi connectivity index (χ2v) is 8.86. The highest BCUT2D eigenvalue weighted by molar-refractivity contribution is 7.93. The standard InChI is InChI=1S/C20H21N3O4S2/c1-3-14(2)27-17-6-4-5-15(13-17)19(24)22-16-7-9-18(10-8-16)29(25,26)23-20-21-11-12-28-20/h4-14H,3H2,1-2H3,(H,21,23)(H,22,24). The lowest BCUT2D eigenvalue weighted by molar-refractivity contribution is 0.102. The van der Waals surface area contributed by atoms with Gasteiger partial charge >= 0.3 is 0 Å². The lowest BCUT2D eigenvalue weighted by atomic mass is 10.2. The predicted octanol–water partition coefficient (Wildman–Crippen LogP) is 4.37. The van der Waals surface area contributed by atoms with Crippen LogP contribution in [-0.2, 0) is 10.0 Å². The molecule has 0 spiro atoms. The van der Waals surface area contributed by atoms with Crippen molar-refractivity contribution in [2.24, 2.45) is 0 Å². The third kappa shape index (κ3) is 5.55. The number of amides is 1. The van der Waals surface area contributed by atoms with E-state index in [9.17, 15) is 13.2 Å². The predicted molar refractivity (Wildman–Crippen MR) is 114 cm³/mol. The van der Waals surface area contributed by atoms with Crippen molar-refractivity contribution in [3.8, 4) is 5.75 Å². The van der Waals surface area contributed by atoms with Gasteiger partial charge in [0.15, 0.2) is 5.13 Å². The molecule has 29 heavy (non-hydrogen) atoms. The SMILES string of the molecule is CCC(C)Oc1cccc(C(=O)Nc2ccc(S(=O)(=O)Nc3nccs3)cc2)c1. The van der Waals surface area contributed by atoms with E-state index in [0.717, 1.165) is 6.42 Å². The Hall–Kier alpha value is -2.91. The molecule has 0 saturated heterocycles. The highest BCUT2D eigenvalue weighted by Gasteiger charge is 2.16. The Balaban J connectivity index is 1.68. The minimum absolute atomic E-state index is 0.0563. The molecule has 0 aliphatic rings. The molecule has 1 aromatic heterocycles. The summed E-state index contributed by atoms with van der Waals surface area (Å²) in [6, 6.07) is 12.8. The smallest absolute Gasteiger partial charge is 0.263 e. The van der Waals surface area contributed by atoms with Crippen LogP contribution in [0.15, 0.2) is 65.0 Å². The van der Waals surface area contributed by atoms with Crippen molar-refractivity contribution in [3.05, 3.63) is 65.7 Å². The summed E-state index contributed by atoms with van der Waals surface area (Å²) in [4.78, 5) is 16.5. The molecular weight excluding hydrogens is 410 g/mol. The van der Waals surface area contributed by atoms with E-state index in [1.54, 1.807) is 29.6 Å². The maximum Gasteiger partial charge on any atom is 0.263 e. The van der Waals surface area contributed by atoms with Gasteiger partial charge in [-0.05, 0) is 55.8 Å². The maximum absolute atomic E-state index is 12.5. The van der Waals surface area contributed by atoms with E-state index in [1.165, 1.54) is 41.8 Å². The van der Waals surface area contributed by atoms with Crippen molar-refractivity contribution in [1.29, 1.82) is 0 Å². The van der Waals surface area contributed by atoms with Crippen molar-refractivity contribution in [3.63, 3.8) is 0 Å². The number of nitrogens with one attached hydrogen (secondary N) is 2. The number of nitrogens with zero attached hydrogens (tertiary/aromatic N) is 1.